The van der Waals surface area contributed by atoms with Crippen molar-refractivity contribution in [2.75, 3.05) is 13.2 Å². The largest absolute Gasteiger partial charge is 0.396 e. The van der Waals surface area contributed by atoms with Crippen molar-refractivity contribution >= 4 is 0 Å². The molecule has 0 aromatic rings. The van der Waals surface area contributed by atoms with Gasteiger partial charge >= 0.3 is 0 Å². The van der Waals surface area contributed by atoms with Crippen molar-refractivity contribution in [3.8, 4) is 6.07 Å². The molecule has 3 heteroatoms. The summed E-state index contributed by atoms with van der Waals surface area (Å²) in [6, 6.07) is 2.31. The van der Waals surface area contributed by atoms with Gasteiger partial charge in [-0.1, -0.05) is 6.92 Å². The van der Waals surface area contributed by atoms with Gasteiger partial charge in [-0.3, -0.25) is 5.32 Å². The molecule has 0 unspecified atom stereocenters. The van der Waals surface area contributed by atoms with Crippen LogP contribution >= 0.6 is 0 Å². The third-order valence-corrected chi connectivity index (χ3v) is 2.41. The topological polar surface area (TPSA) is 56.0 Å². The molecule has 0 aromatic carbocycles. The molecule has 68 valence electrons. The van der Waals surface area contributed by atoms with Crippen molar-refractivity contribution in [2.24, 2.45) is 5.92 Å². The van der Waals surface area contributed by atoms with Crippen LogP contribution in [-0.4, -0.2) is 23.8 Å². The quantitative estimate of drug-likeness (QED) is 0.606. The summed E-state index contributed by atoms with van der Waals surface area (Å²) in [6.07, 6.45) is 2.64. The standard InChI is InChI=1S/C9H16N2O/c1-8-5-9(6-8,7-10)11-3-2-4-12/h8,11-12H,2-6H2,1H3. The Morgan fingerprint density at radius 2 is 2.33 bits per heavy atom. The number of rotatable bonds is 4. The first-order valence-corrected chi connectivity index (χ1v) is 4.49. The molecule has 0 heterocycles. The second kappa shape index (κ2) is 3.88. The first kappa shape index (κ1) is 9.50. The average molecular weight is 168 g/mol. The van der Waals surface area contributed by atoms with Crippen LogP contribution in [-0.2, 0) is 0 Å². The fourth-order valence-electron chi connectivity index (χ4n) is 1.81. The van der Waals surface area contributed by atoms with Crippen molar-refractivity contribution < 1.29 is 5.11 Å². The Morgan fingerprint density at radius 1 is 1.67 bits per heavy atom. The SMILES string of the molecule is CC1CC(C#N)(NCCCO)C1. The van der Waals surface area contributed by atoms with E-state index in [0.29, 0.717) is 5.92 Å². The zero-order valence-electron chi connectivity index (χ0n) is 7.51. The lowest BCUT2D eigenvalue weighted by Crippen LogP contribution is -2.53. The van der Waals surface area contributed by atoms with Crippen LogP contribution in [0.3, 0.4) is 0 Å². The molecule has 12 heavy (non-hydrogen) atoms. The maximum atomic E-state index is 8.88. The molecule has 0 atom stereocenters. The van der Waals surface area contributed by atoms with Crippen LogP contribution in [0.15, 0.2) is 0 Å². The Labute approximate surface area is 73.4 Å². The van der Waals surface area contributed by atoms with Crippen molar-refractivity contribution in [1.29, 1.82) is 5.26 Å². The van der Waals surface area contributed by atoms with E-state index in [0.717, 1.165) is 25.8 Å². The van der Waals surface area contributed by atoms with Crippen LogP contribution in [0.2, 0.25) is 0 Å². The molecule has 0 bridgehead atoms. The molecule has 0 aromatic heterocycles. The van der Waals surface area contributed by atoms with E-state index < -0.39 is 0 Å². The normalized spacial score (nSPS) is 33.9. The minimum absolute atomic E-state index is 0.198. The lowest BCUT2D eigenvalue weighted by molar-refractivity contribution is 0.168. The van der Waals surface area contributed by atoms with Gasteiger partial charge in [-0.2, -0.15) is 5.26 Å². The van der Waals surface area contributed by atoms with Crippen LogP contribution in [0.4, 0.5) is 0 Å². The van der Waals surface area contributed by atoms with E-state index >= 15 is 0 Å². The maximum absolute atomic E-state index is 8.88. The summed E-state index contributed by atoms with van der Waals surface area (Å²) in [4.78, 5) is 0. The summed E-state index contributed by atoms with van der Waals surface area (Å²) >= 11 is 0. The summed E-state index contributed by atoms with van der Waals surface area (Å²) in [6.45, 7) is 3.10. The van der Waals surface area contributed by atoms with Gasteiger partial charge < -0.3 is 5.11 Å². The summed E-state index contributed by atoms with van der Waals surface area (Å²) in [7, 11) is 0. The van der Waals surface area contributed by atoms with Crippen LogP contribution in [0.25, 0.3) is 0 Å². The smallest absolute Gasteiger partial charge is 0.107 e. The molecule has 3 nitrogen and oxygen atoms in total. The molecule has 1 rings (SSSR count). The zero-order chi connectivity index (χ0) is 9.03. The molecule has 2 N–H and O–H groups in total. The number of hydrogen-bond donors (Lipinski definition) is 2. The Balaban J connectivity index is 2.24. The Morgan fingerprint density at radius 3 is 2.75 bits per heavy atom. The fourth-order valence-corrected chi connectivity index (χ4v) is 1.81. The molecule has 1 aliphatic rings. The molecule has 0 radical (unpaired) electrons. The zero-order valence-corrected chi connectivity index (χ0v) is 7.51. The molecule has 0 spiro atoms. The molecule has 0 aliphatic heterocycles. The fraction of sp³-hybridized carbons (Fsp3) is 0.889. The van der Waals surface area contributed by atoms with Gasteiger partial charge in [-0.05, 0) is 31.7 Å². The molecule has 0 saturated heterocycles. The van der Waals surface area contributed by atoms with Crippen LogP contribution < -0.4 is 5.32 Å². The predicted molar refractivity (Wildman–Crippen MR) is 46.4 cm³/mol. The molecular weight excluding hydrogens is 152 g/mol. The summed E-state index contributed by atoms with van der Waals surface area (Å²) < 4.78 is 0. The summed E-state index contributed by atoms with van der Waals surface area (Å²) in [5.74, 6) is 0.672. The van der Waals surface area contributed by atoms with E-state index in [2.05, 4.69) is 18.3 Å². The highest BCUT2D eigenvalue weighted by Crippen LogP contribution is 2.36. The number of nitrogens with zero attached hydrogens (tertiary/aromatic N) is 1. The number of nitrogens with one attached hydrogen (secondary N) is 1. The van der Waals surface area contributed by atoms with Crippen LogP contribution in [0.5, 0.6) is 0 Å². The average Bonchev–Trinajstić information content (AvgIpc) is 2.01. The molecular formula is C9H16N2O. The van der Waals surface area contributed by atoms with E-state index in [-0.39, 0.29) is 12.1 Å². The van der Waals surface area contributed by atoms with Crippen molar-refractivity contribution in [1.82, 2.24) is 5.32 Å². The minimum Gasteiger partial charge on any atom is -0.396 e. The second-order valence-electron chi connectivity index (χ2n) is 3.71. The highest BCUT2D eigenvalue weighted by Gasteiger charge is 2.41. The van der Waals surface area contributed by atoms with Crippen molar-refractivity contribution in [2.45, 2.75) is 31.7 Å². The van der Waals surface area contributed by atoms with Gasteiger partial charge in [0.05, 0.1) is 6.07 Å². The summed E-state index contributed by atoms with van der Waals surface area (Å²) in [5.41, 5.74) is -0.269. The lowest BCUT2D eigenvalue weighted by Gasteiger charge is -2.41. The van der Waals surface area contributed by atoms with E-state index in [4.69, 9.17) is 10.4 Å². The van der Waals surface area contributed by atoms with Crippen molar-refractivity contribution in [3.05, 3.63) is 0 Å². The van der Waals surface area contributed by atoms with E-state index in [1.807, 2.05) is 0 Å². The van der Waals surface area contributed by atoms with Crippen LogP contribution in [0, 0.1) is 17.2 Å². The molecule has 1 fully saturated rings. The predicted octanol–water partition coefficient (Wildman–Crippen LogP) is 0.651. The van der Waals surface area contributed by atoms with E-state index in [1.165, 1.54) is 0 Å². The Kier molecular flexibility index (Phi) is 3.07. The highest BCUT2D eigenvalue weighted by atomic mass is 16.3. The molecule has 1 aliphatic carbocycles. The highest BCUT2D eigenvalue weighted by molar-refractivity contribution is 5.14. The van der Waals surface area contributed by atoms with Gasteiger partial charge in [0.2, 0.25) is 0 Å². The Bertz CT molecular complexity index is 179. The van der Waals surface area contributed by atoms with Gasteiger partial charge in [-0.25, -0.2) is 0 Å². The second-order valence-corrected chi connectivity index (χ2v) is 3.71. The molecule has 1 saturated carbocycles. The first-order chi connectivity index (χ1) is 5.72. The maximum Gasteiger partial charge on any atom is 0.107 e. The van der Waals surface area contributed by atoms with Gasteiger partial charge in [0.1, 0.15) is 5.54 Å². The monoisotopic (exact) mass is 168 g/mol. The van der Waals surface area contributed by atoms with Gasteiger partial charge in [0.15, 0.2) is 0 Å². The number of hydrogen-bond acceptors (Lipinski definition) is 3. The minimum atomic E-state index is -0.269. The third kappa shape index (κ3) is 1.96. The lowest BCUT2D eigenvalue weighted by atomic mass is 9.70. The molecule has 0 amide bonds. The van der Waals surface area contributed by atoms with Crippen LogP contribution in [0.1, 0.15) is 26.2 Å². The van der Waals surface area contributed by atoms with Gasteiger partial charge in [0.25, 0.3) is 0 Å². The number of aliphatic hydroxyl groups excluding tert-OH is 1. The number of aliphatic hydroxyl groups is 1. The first-order valence-electron chi connectivity index (χ1n) is 4.49. The van der Waals surface area contributed by atoms with E-state index in [9.17, 15) is 0 Å². The van der Waals surface area contributed by atoms with Gasteiger partial charge in [-0.15, -0.1) is 0 Å². The third-order valence-electron chi connectivity index (χ3n) is 2.41. The Hall–Kier alpha value is -0.590. The number of nitriles is 1. The van der Waals surface area contributed by atoms with Crippen molar-refractivity contribution in [3.63, 3.8) is 0 Å². The van der Waals surface area contributed by atoms with E-state index in [1.54, 1.807) is 0 Å². The summed E-state index contributed by atoms with van der Waals surface area (Å²) in [5, 5.41) is 20.6. The van der Waals surface area contributed by atoms with Gasteiger partial charge in [0, 0.05) is 6.61 Å².